The van der Waals surface area contributed by atoms with Crippen molar-refractivity contribution in [2.75, 3.05) is 6.61 Å². The minimum absolute atomic E-state index is 0.107. The highest BCUT2D eigenvalue weighted by atomic mass is 16.6. The number of carbonyl (C=O) groups is 2. The molecule has 0 aliphatic heterocycles. The van der Waals surface area contributed by atoms with Gasteiger partial charge in [0.25, 0.3) is 17.5 Å². The number of benzene rings is 2. The van der Waals surface area contributed by atoms with Crippen molar-refractivity contribution >= 4 is 17.5 Å². The summed E-state index contributed by atoms with van der Waals surface area (Å²) in [7, 11) is 0. The molecule has 0 aromatic heterocycles. The van der Waals surface area contributed by atoms with Gasteiger partial charge in [-0.2, -0.15) is 0 Å². The molecule has 0 bridgehead atoms. The molecule has 0 heterocycles. The van der Waals surface area contributed by atoms with Crippen molar-refractivity contribution < 1.29 is 19.2 Å². The Bertz CT molecular complexity index is 844. The molecule has 2 N–H and O–H groups in total. The van der Waals surface area contributed by atoms with E-state index < -0.39 is 16.7 Å². The average molecular weight is 357 g/mol. The van der Waals surface area contributed by atoms with E-state index in [0.29, 0.717) is 5.75 Å². The summed E-state index contributed by atoms with van der Waals surface area (Å²) < 4.78 is 5.49. The zero-order valence-electron chi connectivity index (χ0n) is 14.7. The summed E-state index contributed by atoms with van der Waals surface area (Å²) in [5.74, 6) is -0.584. The highest BCUT2D eigenvalue weighted by Crippen LogP contribution is 2.22. The van der Waals surface area contributed by atoms with E-state index in [4.69, 9.17) is 4.74 Å². The number of nitro benzene ring substituents is 1. The lowest BCUT2D eigenvalue weighted by molar-refractivity contribution is -0.385. The lowest BCUT2D eigenvalue weighted by atomic mass is 10.1. The van der Waals surface area contributed by atoms with Crippen LogP contribution in [0.1, 0.15) is 27.0 Å². The Kier molecular flexibility index (Phi) is 5.90. The second-order valence-electron chi connectivity index (χ2n) is 5.72. The number of nitro groups is 1. The Labute approximate surface area is 150 Å². The van der Waals surface area contributed by atoms with Gasteiger partial charge in [-0.05, 0) is 38.0 Å². The van der Waals surface area contributed by atoms with Crippen LogP contribution in [-0.4, -0.2) is 23.3 Å². The van der Waals surface area contributed by atoms with E-state index in [1.54, 1.807) is 0 Å². The number of nitrogens with one attached hydrogen (secondary N) is 2. The Hall–Kier alpha value is -3.42. The molecule has 0 spiro atoms. The van der Waals surface area contributed by atoms with E-state index >= 15 is 0 Å². The van der Waals surface area contributed by atoms with Crippen molar-refractivity contribution in [3.8, 4) is 5.75 Å². The van der Waals surface area contributed by atoms with E-state index in [9.17, 15) is 19.7 Å². The maximum atomic E-state index is 12.1. The van der Waals surface area contributed by atoms with Crippen LogP contribution in [-0.2, 0) is 4.79 Å². The predicted molar refractivity (Wildman–Crippen MR) is 94.9 cm³/mol. The van der Waals surface area contributed by atoms with Crippen molar-refractivity contribution in [2.45, 2.75) is 20.8 Å². The fourth-order valence-corrected chi connectivity index (χ4v) is 2.46. The molecule has 26 heavy (non-hydrogen) atoms. The highest BCUT2D eigenvalue weighted by Gasteiger charge is 2.18. The Morgan fingerprint density at radius 3 is 2.27 bits per heavy atom. The second kappa shape index (κ2) is 8.11. The van der Waals surface area contributed by atoms with Crippen LogP contribution in [0.15, 0.2) is 36.4 Å². The molecule has 0 saturated carbocycles. The molecule has 8 heteroatoms. The third kappa shape index (κ3) is 4.35. The smallest absolute Gasteiger partial charge is 0.276 e. The van der Waals surface area contributed by atoms with E-state index in [1.807, 2.05) is 32.0 Å². The highest BCUT2D eigenvalue weighted by molar-refractivity contribution is 5.97. The third-order valence-electron chi connectivity index (χ3n) is 3.82. The van der Waals surface area contributed by atoms with Gasteiger partial charge >= 0.3 is 0 Å². The number of hydrogen-bond acceptors (Lipinski definition) is 5. The molecule has 2 aromatic rings. The lowest BCUT2D eigenvalue weighted by Crippen LogP contribution is -2.44. The molecule has 0 atom stereocenters. The summed E-state index contributed by atoms with van der Waals surface area (Å²) >= 11 is 0. The first-order chi connectivity index (χ1) is 12.3. The van der Waals surface area contributed by atoms with Gasteiger partial charge in [-0.15, -0.1) is 0 Å². The van der Waals surface area contributed by atoms with Crippen molar-refractivity contribution in [3.63, 3.8) is 0 Å². The summed E-state index contributed by atoms with van der Waals surface area (Å²) in [6.07, 6.45) is 0. The van der Waals surface area contributed by atoms with Gasteiger partial charge in [-0.3, -0.25) is 30.6 Å². The molecule has 0 aliphatic carbocycles. The van der Waals surface area contributed by atoms with Crippen molar-refractivity contribution in [1.82, 2.24) is 10.9 Å². The van der Waals surface area contributed by atoms with Gasteiger partial charge in [0.15, 0.2) is 6.61 Å². The number of amides is 2. The summed E-state index contributed by atoms with van der Waals surface area (Å²) in [5.41, 5.74) is 6.42. The second-order valence-corrected chi connectivity index (χ2v) is 5.72. The van der Waals surface area contributed by atoms with Gasteiger partial charge in [-0.1, -0.05) is 24.3 Å². The molecule has 0 fully saturated rings. The maximum Gasteiger partial charge on any atom is 0.276 e. The molecule has 2 amide bonds. The number of hydrazine groups is 1. The van der Waals surface area contributed by atoms with Crippen LogP contribution in [0.5, 0.6) is 5.75 Å². The van der Waals surface area contributed by atoms with Gasteiger partial charge in [0, 0.05) is 11.6 Å². The first-order valence-electron chi connectivity index (χ1n) is 7.83. The largest absolute Gasteiger partial charge is 0.483 e. The normalized spacial score (nSPS) is 10.1. The van der Waals surface area contributed by atoms with Crippen LogP contribution < -0.4 is 15.6 Å². The van der Waals surface area contributed by atoms with Crippen LogP contribution in [0.25, 0.3) is 0 Å². The molecule has 0 radical (unpaired) electrons. The molecule has 2 aromatic carbocycles. The monoisotopic (exact) mass is 357 g/mol. The molecule has 0 saturated heterocycles. The van der Waals surface area contributed by atoms with E-state index in [1.165, 1.54) is 25.1 Å². The molecule has 2 rings (SSSR count). The molecule has 136 valence electrons. The van der Waals surface area contributed by atoms with Crippen LogP contribution in [0.4, 0.5) is 5.69 Å². The minimum Gasteiger partial charge on any atom is -0.483 e. The maximum absolute atomic E-state index is 12.1. The summed E-state index contributed by atoms with van der Waals surface area (Å²) in [6.45, 7) is 4.93. The zero-order chi connectivity index (χ0) is 19.3. The van der Waals surface area contributed by atoms with Crippen molar-refractivity contribution in [2.24, 2.45) is 0 Å². The molecular weight excluding hydrogens is 338 g/mol. The zero-order valence-corrected chi connectivity index (χ0v) is 14.7. The summed E-state index contributed by atoms with van der Waals surface area (Å²) in [5, 5.41) is 10.9. The van der Waals surface area contributed by atoms with E-state index in [-0.39, 0.29) is 23.4 Å². The first kappa shape index (κ1) is 18.9. The Morgan fingerprint density at radius 2 is 1.65 bits per heavy atom. The molecular formula is C18H19N3O5. The third-order valence-corrected chi connectivity index (χ3v) is 3.82. The Balaban J connectivity index is 1.94. The number of ether oxygens (including phenoxy) is 1. The fourth-order valence-electron chi connectivity index (χ4n) is 2.46. The predicted octanol–water partition coefficient (Wildman–Crippen LogP) is 2.36. The lowest BCUT2D eigenvalue weighted by Gasteiger charge is -2.12. The SMILES string of the molecule is Cc1cccc(C)c1OCC(=O)NNC(=O)c1cccc([N+](=O)[O-])c1C. The number of carbonyl (C=O) groups excluding carboxylic acids is 2. The number of nitrogens with zero attached hydrogens (tertiary/aromatic N) is 1. The van der Waals surface area contributed by atoms with E-state index in [0.717, 1.165) is 11.1 Å². The number of aryl methyl sites for hydroxylation is 2. The van der Waals surface area contributed by atoms with Gasteiger partial charge in [0.1, 0.15) is 5.75 Å². The number of hydrogen-bond donors (Lipinski definition) is 2. The molecule has 0 unspecified atom stereocenters. The van der Waals surface area contributed by atoms with Gasteiger partial charge in [0.05, 0.1) is 10.5 Å². The number of rotatable bonds is 5. The first-order valence-corrected chi connectivity index (χ1v) is 7.83. The summed E-state index contributed by atoms with van der Waals surface area (Å²) in [4.78, 5) is 34.4. The molecule has 8 nitrogen and oxygen atoms in total. The topological polar surface area (TPSA) is 111 Å². The average Bonchev–Trinajstić information content (AvgIpc) is 2.59. The Morgan fingerprint density at radius 1 is 1.04 bits per heavy atom. The van der Waals surface area contributed by atoms with Gasteiger partial charge in [0.2, 0.25) is 0 Å². The standard InChI is InChI=1S/C18H19N3O5/c1-11-6-4-7-12(2)17(11)26-10-16(22)19-20-18(23)14-8-5-9-15(13(14)3)21(24)25/h4-9H,10H2,1-3H3,(H,19,22)(H,20,23). The van der Waals surface area contributed by atoms with Gasteiger partial charge < -0.3 is 4.74 Å². The van der Waals surface area contributed by atoms with Crippen molar-refractivity contribution in [3.05, 3.63) is 68.8 Å². The summed E-state index contributed by atoms with van der Waals surface area (Å²) in [6, 6.07) is 9.78. The molecule has 0 aliphatic rings. The van der Waals surface area contributed by atoms with Crippen LogP contribution in [0.2, 0.25) is 0 Å². The van der Waals surface area contributed by atoms with Crippen LogP contribution in [0, 0.1) is 30.9 Å². The van der Waals surface area contributed by atoms with Gasteiger partial charge in [-0.25, -0.2) is 0 Å². The minimum atomic E-state index is -0.647. The number of para-hydroxylation sites is 1. The van der Waals surface area contributed by atoms with Crippen LogP contribution in [0.3, 0.4) is 0 Å². The van der Waals surface area contributed by atoms with E-state index in [2.05, 4.69) is 10.9 Å². The van der Waals surface area contributed by atoms with Crippen LogP contribution >= 0.6 is 0 Å². The fraction of sp³-hybridized carbons (Fsp3) is 0.222. The van der Waals surface area contributed by atoms with Crippen molar-refractivity contribution in [1.29, 1.82) is 0 Å². The quantitative estimate of drug-likeness (QED) is 0.630.